The third-order valence-electron chi connectivity index (χ3n) is 10.2. The Morgan fingerprint density at radius 3 is 2.53 bits per heavy atom. The van der Waals surface area contributed by atoms with Crippen LogP contribution < -0.4 is 0 Å². The van der Waals surface area contributed by atoms with Crippen LogP contribution in [0.25, 0.3) is 0 Å². The molecule has 9 atom stereocenters. The first kappa shape index (κ1) is 18.6. The summed E-state index contributed by atoms with van der Waals surface area (Å²) in [5.41, 5.74) is -0.526. The number of rotatable bonds is 1. The second-order valence-electron chi connectivity index (χ2n) is 11.8. The summed E-state index contributed by atoms with van der Waals surface area (Å²) in [5.74, 6) is -1.16. The maximum atomic E-state index is 12.1. The number of aliphatic hydroxyl groups is 4. The molecule has 2 saturated heterocycles. The topological polar surface area (TPSA) is 119 Å². The summed E-state index contributed by atoms with van der Waals surface area (Å²) < 4.78 is 6.14. The van der Waals surface area contributed by atoms with Crippen molar-refractivity contribution in [2.75, 3.05) is 6.61 Å². The molecule has 7 nitrogen and oxygen atoms in total. The van der Waals surface area contributed by atoms with Crippen LogP contribution in [-0.2, 0) is 10.2 Å². The molecule has 4 bridgehead atoms. The van der Waals surface area contributed by atoms with Crippen molar-refractivity contribution >= 4 is 0 Å². The van der Waals surface area contributed by atoms with Crippen LogP contribution in [0.1, 0.15) is 81.4 Å². The minimum absolute atomic E-state index is 0.140. The molecule has 164 valence electrons. The Hall–Kier alpha value is -0.990. The summed E-state index contributed by atoms with van der Waals surface area (Å²) in [6.45, 7) is 4.48. The van der Waals surface area contributed by atoms with Crippen molar-refractivity contribution in [2.24, 2.45) is 22.7 Å². The summed E-state index contributed by atoms with van der Waals surface area (Å²) in [6.07, 6.45) is 2.53. The van der Waals surface area contributed by atoms with Gasteiger partial charge in [0, 0.05) is 28.9 Å². The van der Waals surface area contributed by atoms with E-state index < -0.39 is 34.9 Å². The number of aromatic amines is 1. The van der Waals surface area contributed by atoms with Crippen LogP contribution >= 0.6 is 0 Å². The van der Waals surface area contributed by atoms with Crippen molar-refractivity contribution < 1.29 is 25.2 Å². The van der Waals surface area contributed by atoms with Gasteiger partial charge in [0.25, 0.3) is 0 Å². The largest absolute Gasteiger partial charge is 0.392 e. The number of H-pyrrole nitrogens is 1. The average molecular weight is 417 g/mol. The average Bonchev–Trinajstić information content (AvgIpc) is 3.44. The Morgan fingerprint density at radius 2 is 1.80 bits per heavy atom. The second kappa shape index (κ2) is 5.15. The highest BCUT2D eigenvalue weighted by molar-refractivity contribution is 5.48. The van der Waals surface area contributed by atoms with Gasteiger partial charge < -0.3 is 30.1 Å². The minimum Gasteiger partial charge on any atom is -0.392 e. The van der Waals surface area contributed by atoms with E-state index in [9.17, 15) is 20.4 Å². The molecule has 0 aromatic carbocycles. The molecule has 4 saturated carbocycles. The smallest absolute Gasteiger partial charge is 0.206 e. The first-order valence-electron chi connectivity index (χ1n) is 11.7. The van der Waals surface area contributed by atoms with Crippen molar-refractivity contribution in [1.29, 1.82) is 0 Å². The summed E-state index contributed by atoms with van der Waals surface area (Å²) in [7, 11) is 0. The molecule has 3 heterocycles. The van der Waals surface area contributed by atoms with Crippen molar-refractivity contribution in [3.63, 3.8) is 0 Å². The van der Waals surface area contributed by atoms with Crippen LogP contribution in [0, 0.1) is 22.7 Å². The Bertz CT molecular complexity index is 942. The number of aliphatic hydroxyl groups excluding tert-OH is 3. The molecule has 6 fully saturated rings. The van der Waals surface area contributed by atoms with Crippen LogP contribution in [-0.4, -0.2) is 61.1 Å². The Kier molecular flexibility index (Phi) is 3.19. The Morgan fingerprint density at radius 1 is 1.03 bits per heavy atom. The van der Waals surface area contributed by atoms with Gasteiger partial charge in [-0.25, -0.2) is 4.98 Å². The number of ether oxygens (including phenoxy) is 1. The van der Waals surface area contributed by atoms with Gasteiger partial charge in [0.2, 0.25) is 5.79 Å². The molecule has 5 N–H and O–H groups in total. The zero-order chi connectivity index (χ0) is 20.8. The predicted molar refractivity (Wildman–Crippen MR) is 106 cm³/mol. The van der Waals surface area contributed by atoms with Gasteiger partial charge in [0.15, 0.2) is 0 Å². The standard InChI is InChI=1S/C23H32N2O5/c1-20(2)8-7-13(26)21-9-30-23(29,18(28)15(20)21)22-12(21)6-5-11(17(22)27)14-16(22)25-19(24-14)10-3-4-10/h10-13,15,17-18,26-29H,3-9H2,1-2H3,(H,24,25)/t11-,12?,13-,15?,17+,18-,21+,22?,23-/m0/s1. The molecular formula is C23H32N2O5. The first-order chi connectivity index (χ1) is 14.2. The maximum Gasteiger partial charge on any atom is 0.206 e. The summed E-state index contributed by atoms with van der Waals surface area (Å²) in [5, 5.41) is 46.9. The quantitative estimate of drug-likeness (QED) is 0.470. The Labute approximate surface area is 175 Å². The number of imidazole rings is 1. The SMILES string of the molecule is CC1(C)CC[C@H](O)[C@]23CO[C@@](O)([C@@H](O)C12)C12c4nc(C5CC5)[nH]c4[C@H](CCC13)[C@H]2O. The van der Waals surface area contributed by atoms with E-state index in [2.05, 4.69) is 18.8 Å². The lowest BCUT2D eigenvalue weighted by Gasteiger charge is -2.75. The van der Waals surface area contributed by atoms with E-state index in [0.717, 1.165) is 43.6 Å². The highest BCUT2D eigenvalue weighted by Crippen LogP contribution is 2.76. The fourth-order valence-electron chi connectivity index (χ4n) is 8.96. The molecule has 8 rings (SSSR count). The van der Waals surface area contributed by atoms with Crippen molar-refractivity contribution in [1.82, 2.24) is 9.97 Å². The number of aromatic nitrogens is 2. The highest BCUT2D eigenvalue weighted by Gasteiger charge is 2.85. The van der Waals surface area contributed by atoms with Gasteiger partial charge >= 0.3 is 0 Å². The number of nitrogens with zero attached hydrogens (tertiary/aromatic N) is 1. The molecule has 7 aliphatic rings. The number of nitrogens with one attached hydrogen (secondary N) is 1. The molecule has 2 aliphatic heterocycles. The highest BCUT2D eigenvalue weighted by atomic mass is 16.6. The fraction of sp³-hybridized carbons (Fsp3) is 0.870. The van der Waals surface area contributed by atoms with Gasteiger partial charge in [-0.15, -0.1) is 0 Å². The first-order valence-corrected chi connectivity index (χ1v) is 11.7. The van der Waals surface area contributed by atoms with Crippen LogP contribution in [0.5, 0.6) is 0 Å². The van der Waals surface area contributed by atoms with E-state index in [1.807, 2.05) is 0 Å². The molecule has 3 unspecified atom stereocenters. The molecule has 30 heavy (non-hydrogen) atoms. The van der Waals surface area contributed by atoms with E-state index in [1.165, 1.54) is 0 Å². The van der Waals surface area contributed by atoms with Gasteiger partial charge in [0.1, 0.15) is 17.3 Å². The van der Waals surface area contributed by atoms with E-state index in [1.54, 1.807) is 0 Å². The summed E-state index contributed by atoms with van der Waals surface area (Å²) in [4.78, 5) is 8.46. The lowest BCUT2D eigenvalue weighted by atomic mass is 9.35. The molecule has 7 heteroatoms. The zero-order valence-corrected chi connectivity index (χ0v) is 17.6. The normalized spacial score (nSPS) is 55.1. The fourth-order valence-corrected chi connectivity index (χ4v) is 8.96. The van der Waals surface area contributed by atoms with E-state index >= 15 is 0 Å². The van der Waals surface area contributed by atoms with Gasteiger partial charge in [-0.2, -0.15) is 0 Å². The molecular weight excluding hydrogens is 384 g/mol. The third kappa shape index (κ3) is 1.66. The van der Waals surface area contributed by atoms with Gasteiger partial charge in [-0.05, 0) is 49.9 Å². The van der Waals surface area contributed by atoms with Crippen LogP contribution in [0.4, 0.5) is 0 Å². The monoisotopic (exact) mass is 416 g/mol. The van der Waals surface area contributed by atoms with Gasteiger partial charge in [-0.1, -0.05) is 13.8 Å². The maximum absolute atomic E-state index is 12.1. The summed E-state index contributed by atoms with van der Waals surface area (Å²) in [6, 6.07) is 0. The third-order valence-corrected chi connectivity index (χ3v) is 10.2. The van der Waals surface area contributed by atoms with Crippen LogP contribution in [0.15, 0.2) is 0 Å². The van der Waals surface area contributed by atoms with Gasteiger partial charge in [0.05, 0.1) is 24.5 Å². The van der Waals surface area contributed by atoms with Crippen molar-refractivity contribution in [2.45, 2.75) is 93.7 Å². The van der Waals surface area contributed by atoms with Crippen molar-refractivity contribution in [3.8, 4) is 0 Å². The molecule has 5 aliphatic carbocycles. The molecule has 0 amide bonds. The molecule has 1 aromatic rings. The number of hydrogen-bond acceptors (Lipinski definition) is 6. The zero-order valence-electron chi connectivity index (χ0n) is 17.6. The van der Waals surface area contributed by atoms with E-state index in [-0.39, 0.29) is 29.8 Å². The second-order valence-corrected chi connectivity index (χ2v) is 11.8. The minimum atomic E-state index is -1.90. The Balaban J connectivity index is 1.51. The number of hydrogen-bond donors (Lipinski definition) is 5. The molecule has 2 spiro atoms. The molecule has 0 radical (unpaired) electrons. The van der Waals surface area contributed by atoms with Crippen LogP contribution in [0.3, 0.4) is 0 Å². The molecule has 1 aromatic heterocycles. The van der Waals surface area contributed by atoms with Crippen LogP contribution in [0.2, 0.25) is 0 Å². The summed E-state index contributed by atoms with van der Waals surface area (Å²) >= 11 is 0. The lowest BCUT2D eigenvalue weighted by Crippen LogP contribution is -2.86. The number of fused-ring (bicyclic) bond motifs is 4. The lowest BCUT2D eigenvalue weighted by molar-refractivity contribution is -0.449. The van der Waals surface area contributed by atoms with Crippen molar-refractivity contribution in [3.05, 3.63) is 17.2 Å². The van der Waals surface area contributed by atoms with E-state index in [4.69, 9.17) is 9.72 Å². The van der Waals surface area contributed by atoms with Gasteiger partial charge in [-0.3, -0.25) is 0 Å². The predicted octanol–water partition coefficient (Wildman–Crippen LogP) is 1.27. The van der Waals surface area contributed by atoms with E-state index in [0.29, 0.717) is 18.0 Å².